The van der Waals surface area contributed by atoms with Gasteiger partial charge in [-0.2, -0.15) is 0 Å². The van der Waals surface area contributed by atoms with Crippen molar-refractivity contribution in [1.82, 2.24) is 15.4 Å². The monoisotopic (exact) mass is 253 g/mol. The minimum atomic E-state index is -0.0563. The molecule has 0 saturated carbocycles. The first kappa shape index (κ1) is 11.9. The number of rotatable bonds is 3. The molecule has 0 unspecified atom stereocenters. The molecule has 96 valence electrons. The van der Waals surface area contributed by atoms with Gasteiger partial charge in [0.05, 0.1) is 0 Å². The van der Waals surface area contributed by atoms with Gasteiger partial charge >= 0.3 is 0 Å². The van der Waals surface area contributed by atoms with E-state index in [4.69, 9.17) is 0 Å². The van der Waals surface area contributed by atoms with E-state index in [2.05, 4.69) is 10.4 Å². The van der Waals surface area contributed by atoms with E-state index in [0.717, 1.165) is 30.6 Å². The minimum absolute atomic E-state index is 0.0563. The van der Waals surface area contributed by atoms with Crippen molar-refractivity contribution in [2.45, 2.75) is 6.42 Å². The van der Waals surface area contributed by atoms with Crippen LogP contribution in [0.4, 0.5) is 0 Å². The zero-order valence-corrected chi connectivity index (χ0v) is 10.5. The molecule has 2 heterocycles. The summed E-state index contributed by atoms with van der Waals surface area (Å²) in [5.74, 6) is -0.0563. The van der Waals surface area contributed by atoms with Crippen molar-refractivity contribution in [3.8, 4) is 11.1 Å². The largest absolute Gasteiger partial charge is 0.285 e. The SMILES string of the molecule is O=C(NN1CCC1)c1ccccc1-c1cccnc1. The van der Waals surface area contributed by atoms with Crippen LogP contribution in [-0.4, -0.2) is 29.0 Å². The van der Waals surface area contributed by atoms with Crippen molar-refractivity contribution < 1.29 is 4.79 Å². The van der Waals surface area contributed by atoms with Gasteiger partial charge in [0.15, 0.2) is 0 Å². The molecule has 19 heavy (non-hydrogen) atoms. The zero-order valence-electron chi connectivity index (χ0n) is 10.5. The molecule has 0 aliphatic carbocycles. The summed E-state index contributed by atoms with van der Waals surface area (Å²) >= 11 is 0. The number of pyridine rings is 1. The predicted molar refractivity (Wildman–Crippen MR) is 73.3 cm³/mol. The lowest BCUT2D eigenvalue weighted by molar-refractivity contribution is 0.0643. The number of nitrogens with zero attached hydrogens (tertiary/aromatic N) is 2. The van der Waals surface area contributed by atoms with Crippen molar-refractivity contribution in [2.24, 2.45) is 0 Å². The van der Waals surface area contributed by atoms with Crippen molar-refractivity contribution in [3.05, 3.63) is 54.4 Å². The highest BCUT2D eigenvalue weighted by molar-refractivity contribution is 6.00. The lowest BCUT2D eigenvalue weighted by Crippen LogP contribution is -2.50. The quantitative estimate of drug-likeness (QED) is 0.911. The van der Waals surface area contributed by atoms with E-state index in [1.54, 1.807) is 12.4 Å². The number of hydrazine groups is 1. The molecule has 4 heteroatoms. The van der Waals surface area contributed by atoms with Crippen LogP contribution in [-0.2, 0) is 0 Å². The molecule has 1 aliphatic rings. The predicted octanol–water partition coefficient (Wildman–Crippen LogP) is 2.10. The summed E-state index contributed by atoms with van der Waals surface area (Å²) in [4.78, 5) is 16.4. The van der Waals surface area contributed by atoms with Gasteiger partial charge in [0.2, 0.25) is 0 Å². The Hall–Kier alpha value is -2.20. The third-order valence-electron chi connectivity index (χ3n) is 3.26. The van der Waals surface area contributed by atoms with E-state index >= 15 is 0 Å². The lowest BCUT2D eigenvalue weighted by Gasteiger charge is -2.31. The Balaban J connectivity index is 1.90. The van der Waals surface area contributed by atoms with Crippen molar-refractivity contribution in [1.29, 1.82) is 0 Å². The smallest absolute Gasteiger partial charge is 0.266 e. The number of nitrogens with one attached hydrogen (secondary N) is 1. The molecule has 1 aliphatic heterocycles. The highest BCUT2D eigenvalue weighted by Gasteiger charge is 2.19. The summed E-state index contributed by atoms with van der Waals surface area (Å²) in [7, 11) is 0. The molecule has 1 aromatic carbocycles. The van der Waals surface area contributed by atoms with E-state index < -0.39 is 0 Å². The van der Waals surface area contributed by atoms with Crippen molar-refractivity contribution in [3.63, 3.8) is 0 Å². The van der Waals surface area contributed by atoms with E-state index in [1.807, 2.05) is 41.4 Å². The van der Waals surface area contributed by atoms with E-state index in [0.29, 0.717) is 5.56 Å². The Bertz CT molecular complexity index is 579. The molecule has 1 N–H and O–H groups in total. The zero-order chi connectivity index (χ0) is 13.1. The molecule has 4 nitrogen and oxygen atoms in total. The fourth-order valence-corrected chi connectivity index (χ4v) is 2.09. The molecule has 0 atom stereocenters. The molecule has 0 bridgehead atoms. The number of aromatic nitrogens is 1. The van der Waals surface area contributed by atoms with Crippen LogP contribution < -0.4 is 5.43 Å². The normalized spacial score (nSPS) is 14.7. The Kier molecular flexibility index (Phi) is 3.25. The summed E-state index contributed by atoms with van der Waals surface area (Å²) in [6.07, 6.45) is 4.65. The second-order valence-electron chi connectivity index (χ2n) is 4.57. The topological polar surface area (TPSA) is 45.2 Å². The van der Waals surface area contributed by atoms with Gasteiger partial charge in [-0.1, -0.05) is 24.3 Å². The Morgan fingerprint density at radius 2 is 2.00 bits per heavy atom. The van der Waals surface area contributed by atoms with E-state index in [1.165, 1.54) is 0 Å². The van der Waals surface area contributed by atoms with Gasteiger partial charge in [0.25, 0.3) is 5.91 Å². The molecular weight excluding hydrogens is 238 g/mol. The molecule has 0 spiro atoms. The van der Waals surface area contributed by atoms with Crippen LogP contribution >= 0.6 is 0 Å². The second kappa shape index (κ2) is 5.20. The highest BCUT2D eigenvalue weighted by atomic mass is 16.2. The van der Waals surface area contributed by atoms with Gasteiger partial charge in [-0.25, -0.2) is 5.01 Å². The lowest BCUT2D eigenvalue weighted by atomic mass is 10.0. The Labute approximate surface area is 112 Å². The highest BCUT2D eigenvalue weighted by Crippen LogP contribution is 2.22. The first-order valence-corrected chi connectivity index (χ1v) is 6.40. The summed E-state index contributed by atoms with van der Waals surface area (Å²) in [5.41, 5.74) is 5.47. The number of hydrogen-bond acceptors (Lipinski definition) is 3. The van der Waals surface area contributed by atoms with Crippen LogP contribution in [0.2, 0.25) is 0 Å². The van der Waals surface area contributed by atoms with Gasteiger partial charge < -0.3 is 0 Å². The standard InChI is InChI=1S/C15H15N3O/c19-15(17-18-9-4-10-18)14-7-2-1-6-13(14)12-5-3-8-16-11-12/h1-3,5-8,11H,4,9-10H2,(H,17,19). The molecular formula is C15H15N3O. The number of benzene rings is 1. The summed E-state index contributed by atoms with van der Waals surface area (Å²) in [6, 6.07) is 11.4. The fraction of sp³-hybridized carbons (Fsp3) is 0.200. The number of carbonyl (C=O) groups excluding carboxylic acids is 1. The van der Waals surface area contributed by atoms with Crippen LogP contribution in [0.25, 0.3) is 11.1 Å². The third kappa shape index (κ3) is 2.48. The summed E-state index contributed by atoms with van der Waals surface area (Å²) in [6.45, 7) is 1.86. The van der Waals surface area contributed by atoms with Crippen LogP contribution in [0.15, 0.2) is 48.8 Å². The molecule has 1 aromatic heterocycles. The average molecular weight is 253 g/mol. The Morgan fingerprint density at radius 3 is 2.68 bits per heavy atom. The maximum atomic E-state index is 12.3. The van der Waals surface area contributed by atoms with Gasteiger partial charge in [-0.3, -0.25) is 15.2 Å². The third-order valence-corrected chi connectivity index (χ3v) is 3.26. The number of carbonyl (C=O) groups is 1. The van der Waals surface area contributed by atoms with Crippen LogP contribution in [0, 0.1) is 0 Å². The van der Waals surface area contributed by atoms with E-state index in [9.17, 15) is 4.79 Å². The second-order valence-corrected chi connectivity index (χ2v) is 4.57. The fourth-order valence-electron chi connectivity index (χ4n) is 2.09. The maximum absolute atomic E-state index is 12.3. The van der Waals surface area contributed by atoms with Gasteiger partial charge in [-0.15, -0.1) is 0 Å². The van der Waals surface area contributed by atoms with E-state index in [-0.39, 0.29) is 5.91 Å². The van der Waals surface area contributed by atoms with Crippen LogP contribution in [0.3, 0.4) is 0 Å². The average Bonchev–Trinajstić information content (AvgIpc) is 2.43. The first-order valence-electron chi connectivity index (χ1n) is 6.40. The van der Waals surface area contributed by atoms with Gasteiger partial charge in [0.1, 0.15) is 0 Å². The molecule has 0 radical (unpaired) electrons. The molecule has 1 amide bonds. The first-order chi connectivity index (χ1) is 9.34. The van der Waals surface area contributed by atoms with Crippen molar-refractivity contribution in [2.75, 3.05) is 13.1 Å². The molecule has 1 fully saturated rings. The molecule has 1 saturated heterocycles. The van der Waals surface area contributed by atoms with Crippen LogP contribution in [0.1, 0.15) is 16.8 Å². The number of amides is 1. The Morgan fingerprint density at radius 1 is 1.16 bits per heavy atom. The molecule has 2 aromatic rings. The maximum Gasteiger partial charge on any atom is 0.266 e. The minimum Gasteiger partial charge on any atom is -0.285 e. The number of hydrogen-bond donors (Lipinski definition) is 1. The van der Waals surface area contributed by atoms with Crippen LogP contribution in [0.5, 0.6) is 0 Å². The summed E-state index contributed by atoms with van der Waals surface area (Å²) in [5, 5.41) is 1.93. The summed E-state index contributed by atoms with van der Waals surface area (Å²) < 4.78 is 0. The van der Waals surface area contributed by atoms with Gasteiger partial charge in [-0.05, 0) is 24.1 Å². The van der Waals surface area contributed by atoms with Gasteiger partial charge in [0, 0.05) is 36.6 Å². The molecule has 3 rings (SSSR count). The van der Waals surface area contributed by atoms with Crippen molar-refractivity contribution >= 4 is 5.91 Å².